The maximum atomic E-state index is 12.9. The van der Waals surface area contributed by atoms with Crippen molar-refractivity contribution in [1.29, 1.82) is 0 Å². The van der Waals surface area contributed by atoms with Crippen molar-refractivity contribution >= 4 is 11.8 Å². The molecule has 160 valence electrons. The number of carbonyl (C=O) groups excluding carboxylic acids is 2. The summed E-state index contributed by atoms with van der Waals surface area (Å²) in [6.45, 7) is 5.76. The maximum Gasteiger partial charge on any atom is 0.260 e. The van der Waals surface area contributed by atoms with E-state index in [-0.39, 0.29) is 24.2 Å². The Morgan fingerprint density at radius 1 is 1.07 bits per heavy atom. The summed E-state index contributed by atoms with van der Waals surface area (Å²) in [6, 6.07) is 6.04. The van der Waals surface area contributed by atoms with Crippen LogP contribution in [0, 0.1) is 5.82 Å². The number of piperazine rings is 1. The molecule has 2 amide bonds. The minimum atomic E-state index is -0.334. The highest BCUT2D eigenvalue weighted by Crippen LogP contribution is 2.22. The second-order valence-corrected chi connectivity index (χ2v) is 7.87. The number of amides is 2. The van der Waals surface area contributed by atoms with E-state index in [4.69, 9.17) is 4.74 Å². The third-order valence-electron chi connectivity index (χ3n) is 5.94. The van der Waals surface area contributed by atoms with Crippen LogP contribution in [0.1, 0.15) is 39.0 Å². The molecule has 1 saturated carbocycles. The van der Waals surface area contributed by atoms with Gasteiger partial charge in [-0.1, -0.05) is 19.3 Å². The fourth-order valence-electron chi connectivity index (χ4n) is 4.24. The van der Waals surface area contributed by atoms with Crippen LogP contribution < -0.4 is 4.74 Å². The number of hydrogen-bond acceptors (Lipinski definition) is 4. The molecule has 2 fully saturated rings. The lowest BCUT2D eigenvalue weighted by molar-refractivity contribution is -0.137. The van der Waals surface area contributed by atoms with E-state index in [0.717, 1.165) is 19.4 Å². The Hall–Kier alpha value is -2.15. The molecule has 2 aliphatic rings. The van der Waals surface area contributed by atoms with Gasteiger partial charge < -0.3 is 14.5 Å². The number of likely N-dealkylation sites (N-methyl/N-ethyl adjacent to an activating group) is 1. The molecule has 0 unspecified atom stereocenters. The summed E-state index contributed by atoms with van der Waals surface area (Å²) >= 11 is 0. The zero-order chi connectivity index (χ0) is 20.6. The number of benzene rings is 1. The third-order valence-corrected chi connectivity index (χ3v) is 5.94. The van der Waals surface area contributed by atoms with Crippen LogP contribution >= 0.6 is 0 Å². The van der Waals surface area contributed by atoms with Crippen LogP contribution in [0.2, 0.25) is 0 Å². The smallest absolute Gasteiger partial charge is 0.260 e. The molecule has 29 heavy (non-hydrogen) atoms. The standard InChI is InChI=1S/C22H32FN3O3/c1-2-26(19-6-4-3-5-7-19)21(27)16-24-12-14-25(15-13-24)22(28)17-29-20-10-8-18(23)9-11-20/h8-11,19H,2-7,12-17H2,1H3. The summed E-state index contributed by atoms with van der Waals surface area (Å²) < 4.78 is 18.4. The first-order chi connectivity index (χ1) is 14.1. The topological polar surface area (TPSA) is 53.1 Å². The maximum absolute atomic E-state index is 12.9. The van der Waals surface area contributed by atoms with Gasteiger partial charge in [0.1, 0.15) is 11.6 Å². The first-order valence-electron chi connectivity index (χ1n) is 10.7. The van der Waals surface area contributed by atoms with E-state index >= 15 is 0 Å². The molecule has 0 spiro atoms. The molecule has 1 aromatic carbocycles. The quantitative estimate of drug-likeness (QED) is 0.700. The van der Waals surface area contributed by atoms with Gasteiger partial charge in [0.25, 0.3) is 5.91 Å². The molecule has 1 aliphatic heterocycles. The average molecular weight is 406 g/mol. The second kappa shape index (κ2) is 10.6. The van der Waals surface area contributed by atoms with Gasteiger partial charge in [-0.25, -0.2) is 4.39 Å². The Bertz CT molecular complexity index is 668. The molecule has 6 nitrogen and oxygen atoms in total. The largest absolute Gasteiger partial charge is 0.484 e. The van der Waals surface area contributed by atoms with E-state index in [1.165, 1.54) is 43.5 Å². The van der Waals surface area contributed by atoms with E-state index in [0.29, 0.717) is 44.5 Å². The van der Waals surface area contributed by atoms with Crippen molar-refractivity contribution in [2.75, 3.05) is 45.9 Å². The molecule has 1 aliphatic carbocycles. The van der Waals surface area contributed by atoms with Crippen LogP contribution in [0.5, 0.6) is 5.75 Å². The van der Waals surface area contributed by atoms with Gasteiger partial charge in [0.15, 0.2) is 6.61 Å². The first kappa shape index (κ1) is 21.6. The molecule has 1 saturated heterocycles. The molecule has 1 aromatic rings. The molecule has 0 N–H and O–H groups in total. The van der Waals surface area contributed by atoms with Crippen LogP contribution in [0.25, 0.3) is 0 Å². The number of halogens is 1. The van der Waals surface area contributed by atoms with Crippen molar-refractivity contribution < 1.29 is 18.7 Å². The van der Waals surface area contributed by atoms with Crippen molar-refractivity contribution in [3.8, 4) is 5.75 Å². The van der Waals surface area contributed by atoms with E-state index in [9.17, 15) is 14.0 Å². The highest BCUT2D eigenvalue weighted by Gasteiger charge is 2.27. The normalized spacial score (nSPS) is 18.5. The molecule has 0 aromatic heterocycles. The summed E-state index contributed by atoms with van der Waals surface area (Å²) in [7, 11) is 0. The van der Waals surface area contributed by atoms with Crippen LogP contribution in [0.4, 0.5) is 4.39 Å². The molecule has 7 heteroatoms. The number of nitrogens with zero attached hydrogens (tertiary/aromatic N) is 3. The second-order valence-electron chi connectivity index (χ2n) is 7.87. The zero-order valence-corrected chi connectivity index (χ0v) is 17.3. The van der Waals surface area contributed by atoms with E-state index in [1.54, 1.807) is 4.90 Å². The van der Waals surface area contributed by atoms with Gasteiger partial charge in [0.2, 0.25) is 5.91 Å². The average Bonchev–Trinajstić information content (AvgIpc) is 2.75. The Morgan fingerprint density at radius 2 is 1.72 bits per heavy atom. The number of hydrogen-bond donors (Lipinski definition) is 0. The first-order valence-corrected chi connectivity index (χ1v) is 10.7. The van der Waals surface area contributed by atoms with Crippen molar-refractivity contribution in [1.82, 2.24) is 14.7 Å². The molecule has 1 heterocycles. The number of rotatable bonds is 7. The lowest BCUT2D eigenvalue weighted by atomic mass is 9.94. The molecule has 0 atom stereocenters. The van der Waals surface area contributed by atoms with Gasteiger partial charge in [-0.2, -0.15) is 0 Å². The minimum Gasteiger partial charge on any atom is -0.484 e. The summed E-state index contributed by atoms with van der Waals surface area (Å²) in [5.74, 6) is 0.266. The lowest BCUT2D eigenvalue weighted by Gasteiger charge is -2.38. The summed E-state index contributed by atoms with van der Waals surface area (Å²) in [4.78, 5) is 31.1. The Kier molecular flexibility index (Phi) is 7.86. The van der Waals surface area contributed by atoms with Crippen molar-refractivity contribution in [3.05, 3.63) is 30.1 Å². The van der Waals surface area contributed by atoms with Gasteiger partial charge in [-0.15, -0.1) is 0 Å². The van der Waals surface area contributed by atoms with E-state index in [2.05, 4.69) is 11.8 Å². The van der Waals surface area contributed by atoms with Gasteiger partial charge in [0, 0.05) is 38.8 Å². The fourth-order valence-corrected chi connectivity index (χ4v) is 4.24. The summed E-state index contributed by atoms with van der Waals surface area (Å²) in [6.07, 6.45) is 5.96. The minimum absolute atomic E-state index is 0.0597. The zero-order valence-electron chi connectivity index (χ0n) is 17.3. The van der Waals surface area contributed by atoms with Crippen LogP contribution in [-0.2, 0) is 9.59 Å². The van der Waals surface area contributed by atoms with Crippen LogP contribution in [0.15, 0.2) is 24.3 Å². The van der Waals surface area contributed by atoms with Gasteiger partial charge in [-0.3, -0.25) is 14.5 Å². The number of carbonyl (C=O) groups is 2. The van der Waals surface area contributed by atoms with Crippen molar-refractivity contribution in [2.45, 2.75) is 45.1 Å². The van der Waals surface area contributed by atoms with Crippen LogP contribution in [-0.4, -0.2) is 78.4 Å². The Labute approximate surface area is 172 Å². The summed E-state index contributed by atoms with van der Waals surface area (Å²) in [5, 5.41) is 0. The highest BCUT2D eigenvalue weighted by molar-refractivity contribution is 5.79. The lowest BCUT2D eigenvalue weighted by Crippen LogP contribution is -2.53. The number of ether oxygens (including phenoxy) is 1. The Balaban J connectivity index is 1.40. The molecular formula is C22H32FN3O3. The van der Waals surface area contributed by atoms with E-state index in [1.807, 2.05) is 4.90 Å². The predicted molar refractivity (Wildman–Crippen MR) is 109 cm³/mol. The van der Waals surface area contributed by atoms with E-state index < -0.39 is 0 Å². The highest BCUT2D eigenvalue weighted by atomic mass is 19.1. The molecular weight excluding hydrogens is 373 g/mol. The molecule has 0 bridgehead atoms. The monoisotopic (exact) mass is 405 g/mol. The van der Waals surface area contributed by atoms with Gasteiger partial charge in [-0.05, 0) is 44.0 Å². The van der Waals surface area contributed by atoms with Gasteiger partial charge in [0.05, 0.1) is 6.54 Å². The van der Waals surface area contributed by atoms with Gasteiger partial charge >= 0.3 is 0 Å². The fraction of sp³-hybridized carbons (Fsp3) is 0.636. The molecule has 0 radical (unpaired) electrons. The van der Waals surface area contributed by atoms with Crippen molar-refractivity contribution in [3.63, 3.8) is 0 Å². The third kappa shape index (κ3) is 6.16. The van der Waals surface area contributed by atoms with Crippen molar-refractivity contribution in [2.24, 2.45) is 0 Å². The SMILES string of the molecule is CCN(C(=O)CN1CCN(C(=O)COc2ccc(F)cc2)CC1)C1CCCCC1. The predicted octanol–water partition coefficient (Wildman–Crippen LogP) is 2.53. The Morgan fingerprint density at radius 3 is 2.34 bits per heavy atom. The summed E-state index contributed by atoms with van der Waals surface area (Å²) in [5.41, 5.74) is 0. The van der Waals surface area contributed by atoms with Crippen LogP contribution in [0.3, 0.4) is 0 Å². The molecule has 3 rings (SSSR count).